The van der Waals surface area contributed by atoms with Gasteiger partial charge in [0.2, 0.25) is 11.2 Å². The average molecular weight is 418 g/mol. The Morgan fingerprint density at radius 3 is 2.37 bits per heavy atom. The molecule has 0 aliphatic heterocycles. The first kappa shape index (κ1) is 20.1. The van der Waals surface area contributed by atoms with Crippen LogP contribution in [0.2, 0.25) is 0 Å². The summed E-state index contributed by atoms with van der Waals surface area (Å²) in [6, 6.07) is 7.02. The molecule has 2 aromatic carbocycles. The lowest BCUT2D eigenvalue weighted by Crippen LogP contribution is -2.48. The van der Waals surface area contributed by atoms with Crippen LogP contribution in [0.25, 0.3) is 0 Å². The van der Waals surface area contributed by atoms with E-state index in [1.54, 1.807) is 0 Å². The summed E-state index contributed by atoms with van der Waals surface area (Å²) in [5, 5.41) is 19.3. The third kappa shape index (κ3) is 3.81. The summed E-state index contributed by atoms with van der Waals surface area (Å²) in [4.78, 5) is 23.1. The molecule has 0 saturated heterocycles. The summed E-state index contributed by atoms with van der Waals surface area (Å²) in [6.45, 7) is 0. The fraction of sp³-hybridized carbons (Fsp3) is 0.364. The van der Waals surface area contributed by atoms with Crippen molar-refractivity contribution in [2.45, 2.75) is 37.9 Å². The molecule has 2 fully saturated rings. The molecule has 0 aromatic heterocycles. The van der Waals surface area contributed by atoms with Gasteiger partial charge < -0.3 is 19.7 Å². The van der Waals surface area contributed by atoms with Crippen LogP contribution in [-0.4, -0.2) is 22.4 Å². The number of halogens is 2. The van der Waals surface area contributed by atoms with Crippen LogP contribution in [0.3, 0.4) is 0 Å². The Morgan fingerprint density at radius 1 is 0.900 bits per heavy atom. The Balaban J connectivity index is 1.36. The highest BCUT2D eigenvalue weighted by Gasteiger charge is 2.45. The van der Waals surface area contributed by atoms with Gasteiger partial charge in [-0.3, -0.25) is 9.59 Å². The molecule has 6 nitrogen and oxygen atoms in total. The van der Waals surface area contributed by atoms with Crippen molar-refractivity contribution in [3.63, 3.8) is 0 Å². The van der Waals surface area contributed by atoms with E-state index < -0.39 is 34.0 Å². The summed E-state index contributed by atoms with van der Waals surface area (Å²) in [5.41, 5.74) is -1.92. The van der Waals surface area contributed by atoms with Crippen LogP contribution >= 0.6 is 0 Å². The molecule has 2 N–H and O–H groups in total. The molecule has 0 spiro atoms. The summed E-state index contributed by atoms with van der Waals surface area (Å²) >= 11 is 0. The zero-order valence-electron chi connectivity index (χ0n) is 15.9. The molecule has 2 aliphatic carbocycles. The molecule has 0 amide bonds. The van der Waals surface area contributed by atoms with Gasteiger partial charge in [0.05, 0.1) is 6.10 Å². The minimum absolute atomic E-state index is 0.0359. The fourth-order valence-electron chi connectivity index (χ4n) is 3.95. The maximum atomic E-state index is 13.7. The molecule has 0 heterocycles. The highest BCUT2D eigenvalue weighted by molar-refractivity contribution is 5.37. The maximum Gasteiger partial charge on any atom is 0.259 e. The highest BCUT2D eigenvalue weighted by atomic mass is 19.1. The van der Waals surface area contributed by atoms with E-state index in [-0.39, 0.29) is 29.6 Å². The van der Waals surface area contributed by atoms with E-state index >= 15 is 0 Å². The molecule has 158 valence electrons. The van der Waals surface area contributed by atoms with E-state index in [2.05, 4.69) is 0 Å². The van der Waals surface area contributed by atoms with Gasteiger partial charge in [0.25, 0.3) is 5.43 Å². The first-order valence-electron chi connectivity index (χ1n) is 9.71. The Bertz CT molecular complexity index is 1080. The van der Waals surface area contributed by atoms with E-state index in [0.29, 0.717) is 18.8 Å². The number of hydrogen-bond donors (Lipinski definition) is 2. The molecular formula is C22H20F2O6. The van der Waals surface area contributed by atoms with Crippen molar-refractivity contribution in [3.8, 4) is 23.0 Å². The topological polar surface area (TPSA) is 93.1 Å². The van der Waals surface area contributed by atoms with Crippen molar-refractivity contribution in [2.24, 2.45) is 11.8 Å². The largest absolute Gasteiger partial charge is 0.502 e. The summed E-state index contributed by atoms with van der Waals surface area (Å²) < 4.78 is 38.6. The van der Waals surface area contributed by atoms with E-state index in [0.717, 1.165) is 31.0 Å². The smallest absolute Gasteiger partial charge is 0.259 e. The molecule has 0 bridgehead atoms. The predicted molar refractivity (Wildman–Crippen MR) is 103 cm³/mol. The minimum atomic E-state index is -1.10. The predicted octanol–water partition coefficient (Wildman–Crippen LogP) is 3.11. The Hall–Kier alpha value is -3.16. The standard InChI is InChI=1S/C22H20F2O6/c23-15-2-1-3-19(22(28)21(15)27)30-18-7-5-14(18)11-8-13(9-11)29-12-4-6-17(25)20(26)16(24)10-12/h1-4,6,10-11,13-14,18H,5,7-9H2,(H,25,26)(H,27,28). The molecule has 2 aromatic rings. The van der Waals surface area contributed by atoms with E-state index in [1.807, 2.05) is 0 Å². The number of aromatic hydroxyl groups is 2. The van der Waals surface area contributed by atoms with Gasteiger partial charge in [0.15, 0.2) is 23.1 Å². The molecule has 2 unspecified atom stereocenters. The summed E-state index contributed by atoms with van der Waals surface area (Å²) in [5.74, 6) is -3.13. The van der Waals surface area contributed by atoms with Crippen molar-refractivity contribution in [3.05, 3.63) is 68.5 Å². The molecule has 8 heteroatoms. The van der Waals surface area contributed by atoms with Crippen LogP contribution in [-0.2, 0) is 0 Å². The van der Waals surface area contributed by atoms with Gasteiger partial charge in [0.1, 0.15) is 11.9 Å². The first-order valence-corrected chi connectivity index (χ1v) is 9.71. The highest BCUT2D eigenvalue weighted by Crippen LogP contribution is 2.47. The molecule has 2 aliphatic rings. The zero-order chi connectivity index (χ0) is 21.4. The van der Waals surface area contributed by atoms with Crippen LogP contribution in [0, 0.1) is 23.5 Å². The van der Waals surface area contributed by atoms with Gasteiger partial charge in [-0.1, -0.05) is 6.07 Å². The quantitative estimate of drug-likeness (QED) is 0.775. The lowest BCUT2D eigenvalue weighted by molar-refractivity contribution is -0.0554. The summed E-state index contributed by atoms with van der Waals surface area (Å²) in [6.07, 6.45) is 2.74. The molecular weight excluding hydrogens is 398 g/mol. The van der Waals surface area contributed by atoms with Gasteiger partial charge in [-0.25, -0.2) is 8.78 Å². The second-order valence-corrected chi connectivity index (χ2v) is 7.73. The lowest BCUT2D eigenvalue weighted by Gasteiger charge is -2.48. The average Bonchev–Trinajstić information content (AvgIpc) is 2.87. The van der Waals surface area contributed by atoms with Crippen molar-refractivity contribution < 1.29 is 28.5 Å². The van der Waals surface area contributed by atoms with Gasteiger partial charge in [0, 0.05) is 6.07 Å². The summed E-state index contributed by atoms with van der Waals surface area (Å²) in [7, 11) is 0. The van der Waals surface area contributed by atoms with Crippen LogP contribution in [0.1, 0.15) is 25.7 Å². The van der Waals surface area contributed by atoms with Crippen molar-refractivity contribution in [1.82, 2.24) is 0 Å². The van der Waals surface area contributed by atoms with Crippen molar-refractivity contribution >= 4 is 0 Å². The maximum absolute atomic E-state index is 13.7. The van der Waals surface area contributed by atoms with Crippen LogP contribution in [0.15, 0.2) is 46.0 Å². The third-order valence-corrected chi connectivity index (χ3v) is 5.86. The molecule has 4 rings (SSSR count). The number of hydrogen-bond acceptors (Lipinski definition) is 6. The molecule has 2 saturated carbocycles. The van der Waals surface area contributed by atoms with E-state index in [9.17, 15) is 28.6 Å². The van der Waals surface area contributed by atoms with Crippen LogP contribution in [0.4, 0.5) is 8.78 Å². The van der Waals surface area contributed by atoms with Crippen LogP contribution in [0.5, 0.6) is 23.0 Å². The van der Waals surface area contributed by atoms with Crippen molar-refractivity contribution in [2.75, 3.05) is 0 Å². The SMILES string of the molecule is O=c1ccc(OC2CC(C3CCC3Oc3cccc(F)c(=O)c3O)C2)cc(F)c1O. The Morgan fingerprint density at radius 2 is 1.67 bits per heavy atom. The Kier molecular flexibility index (Phi) is 5.32. The molecule has 2 atom stereocenters. The van der Waals surface area contributed by atoms with E-state index in [4.69, 9.17) is 9.47 Å². The second-order valence-electron chi connectivity index (χ2n) is 7.73. The normalized spacial score (nSPS) is 25.0. The van der Waals surface area contributed by atoms with Crippen molar-refractivity contribution in [1.29, 1.82) is 0 Å². The van der Waals surface area contributed by atoms with Gasteiger partial charge in [-0.2, -0.15) is 0 Å². The first-order chi connectivity index (χ1) is 14.3. The lowest BCUT2D eigenvalue weighted by atomic mass is 9.64. The number of rotatable bonds is 5. The molecule has 30 heavy (non-hydrogen) atoms. The second kappa shape index (κ2) is 7.93. The molecule has 0 radical (unpaired) electrons. The fourth-order valence-corrected chi connectivity index (χ4v) is 3.95. The number of ether oxygens (including phenoxy) is 2. The van der Waals surface area contributed by atoms with Gasteiger partial charge in [-0.15, -0.1) is 0 Å². The zero-order valence-corrected chi connectivity index (χ0v) is 15.9. The third-order valence-electron chi connectivity index (χ3n) is 5.86. The monoisotopic (exact) mass is 418 g/mol. The minimum Gasteiger partial charge on any atom is -0.502 e. The van der Waals surface area contributed by atoms with Gasteiger partial charge in [-0.05, 0) is 61.8 Å². The Labute approximate surface area is 170 Å². The van der Waals surface area contributed by atoms with Gasteiger partial charge >= 0.3 is 0 Å². The van der Waals surface area contributed by atoms with E-state index in [1.165, 1.54) is 18.2 Å². The van der Waals surface area contributed by atoms with Crippen LogP contribution < -0.4 is 20.3 Å².